The van der Waals surface area contributed by atoms with Crippen molar-refractivity contribution >= 4 is 45.6 Å². The average molecular weight is 357 g/mol. The van der Waals surface area contributed by atoms with Gasteiger partial charge in [0.15, 0.2) is 5.65 Å². The smallest absolute Gasteiger partial charge is 0.161 e. The van der Waals surface area contributed by atoms with Crippen molar-refractivity contribution in [2.75, 3.05) is 5.73 Å². The lowest BCUT2D eigenvalue weighted by Crippen LogP contribution is -2.00. The van der Waals surface area contributed by atoms with Crippen LogP contribution in [0.15, 0.2) is 42.5 Å². The van der Waals surface area contributed by atoms with E-state index in [0.29, 0.717) is 22.3 Å². The summed E-state index contributed by atoms with van der Waals surface area (Å²) in [5, 5.41) is 6.64. The largest absolute Gasteiger partial charge is 0.383 e. The molecule has 0 aliphatic heterocycles. The van der Waals surface area contributed by atoms with Crippen LogP contribution >= 0.6 is 23.2 Å². The molecule has 4 aromatic rings. The second kappa shape index (κ2) is 5.65. The van der Waals surface area contributed by atoms with Gasteiger partial charge < -0.3 is 5.73 Å². The van der Waals surface area contributed by atoms with Gasteiger partial charge in [-0.05, 0) is 36.8 Å². The third kappa shape index (κ3) is 2.39. The summed E-state index contributed by atoms with van der Waals surface area (Å²) in [6.07, 6.45) is 0.664. The fourth-order valence-corrected chi connectivity index (χ4v) is 3.26. The predicted molar refractivity (Wildman–Crippen MR) is 98.9 cm³/mol. The molecule has 0 unspecified atom stereocenters. The molecule has 2 N–H and O–H groups in total. The van der Waals surface area contributed by atoms with E-state index < -0.39 is 0 Å². The summed E-state index contributed by atoms with van der Waals surface area (Å²) >= 11 is 12.1. The standard InChI is InChI=1S/C18H14Cl2N4/c1-10-13(8-11-6-7-14(19)15(20)9-11)18-22-17(21)12-4-2-3-5-16(12)24(18)23-10/h2-7,9H,8H2,1H3,(H2,21,22). The Hall–Kier alpha value is -2.30. The highest BCUT2D eigenvalue weighted by atomic mass is 35.5. The fourth-order valence-electron chi connectivity index (χ4n) is 2.94. The van der Waals surface area contributed by atoms with Crippen molar-refractivity contribution in [3.63, 3.8) is 0 Å². The summed E-state index contributed by atoms with van der Waals surface area (Å²) in [7, 11) is 0. The SMILES string of the molecule is Cc1nn2c(nc(N)c3ccccc32)c1Cc1ccc(Cl)c(Cl)c1. The number of anilines is 1. The van der Waals surface area contributed by atoms with Crippen molar-refractivity contribution in [2.45, 2.75) is 13.3 Å². The summed E-state index contributed by atoms with van der Waals surface area (Å²) in [4.78, 5) is 4.58. The quantitative estimate of drug-likeness (QED) is 0.567. The van der Waals surface area contributed by atoms with Crippen molar-refractivity contribution < 1.29 is 0 Å². The van der Waals surface area contributed by atoms with Crippen LogP contribution in [0.3, 0.4) is 0 Å². The number of aromatic nitrogens is 3. The summed E-state index contributed by atoms with van der Waals surface area (Å²) in [5.74, 6) is 0.508. The van der Waals surface area contributed by atoms with Gasteiger partial charge in [-0.1, -0.05) is 41.4 Å². The zero-order chi connectivity index (χ0) is 16.8. The van der Waals surface area contributed by atoms with Gasteiger partial charge in [-0.3, -0.25) is 0 Å². The second-order valence-electron chi connectivity index (χ2n) is 5.74. The van der Waals surface area contributed by atoms with Gasteiger partial charge >= 0.3 is 0 Å². The van der Waals surface area contributed by atoms with Gasteiger partial charge in [-0.25, -0.2) is 9.50 Å². The maximum Gasteiger partial charge on any atom is 0.161 e. The van der Waals surface area contributed by atoms with E-state index in [1.807, 2.05) is 47.8 Å². The summed E-state index contributed by atoms with van der Waals surface area (Å²) in [6.45, 7) is 1.98. The van der Waals surface area contributed by atoms with Gasteiger partial charge in [0.1, 0.15) is 5.82 Å². The third-order valence-corrected chi connectivity index (χ3v) is 4.90. The molecule has 0 spiro atoms. The minimum Gasteiger partial charge on any atom is -0.383 e. The van der Waals surface area contributed by atoms with Crippen LogP contribution in [0.4, 0.5) is 5.82 Å². The second-order valence-corrected chi connectivity index (χ2v) is 6.55. The monoisotopic (exact) mass is 356 g/mol. The molecule has 0 amide bonds. The first-order chi connectivity index (χ1) is 11.5. The Balaban J connectivity index is 1.92. The Labute approximate surface area is 148 Å². The van der Waals surface area contributed by atoms with E-state index in [-0.39, 0.29) is 0 Å². The molecule has 0 saturated carbocycles. The molecular formula is C18H14Cl2N4. The number of nitrogen functional groups attached to an aromatic ring is 1. The molecule has 4 nitrogen and oxygen atoms in total. The first-order valence-electron chi connectivity index (χ1n) is 7.51. The Kier molecular flexibility index (Phi) is 3.59. The highest BCUT2D eigenvalue weighted by Gasteiger charge is 2.15. The molecular weight excluding hydrogens is 343 g/mol. The van der Waals surface area contributed by atoms with E-state index in [0.717, 1.165) is 33.4 Å². The lowest BCUT2D eigenvalue weighted by molar-refractivity contribution is 0.956. The Morgan fingerprint density at radius 2 is 1.88 bits per heavy atom. The molecule has 0 saturated heterocycles. The normalized spacial score (nSPS) is 11.5. The van der Waals surface area contributed by atoms with Crippen molar-refractivity contribution in [3.8, 4) is 0 Å². The van der Waals surface area contributed by atoms with E-state index >= 15 is 0 Å². The number of halogens is 2. The zero-order valence-corrected chi connectivity index (χ0v) is 14.4. The van der Waals surface area contributed by atoms with Crippen LogP contribution in [0, 0.1) is 6.92 Å². The van der Waals surface area contributed by atoms with Gasteiger partial charge in [-0.15, -0.1) is 0 Å². The van der Waals surface area contributed by atoms with Crippen molar-refractivity contribution in [2.24, 2.45) is 0 Å². The van der Waals surface area contributed by atoms with Gasteiger partial charge in [0.2, 0.25) is 0 Å². The summed E-state index contributed by atoms with van der Waals surface area (Å²) in [5.41, 5.74) is 10.9. The molecule has 2 aromatic carbocycles. The molecule has 4 rings (SSSR count). The van der Waals surface area contributed by atoms with Gasteiger partial charge in [-0.2, -0.15) is 5.10 Å². The van der Waals surface area contributed by atoms with Crippen LogP contribution in [0.1, 0.15) is 16.8 Å². The van der Waals surface area contributed by atoms with Crippen LogP contribution in [-0.2, 0) is 6.42 Å². The molecule has 0 aliphatic rings. The lowest BCUT2D eigenvalue weighted by Gasteiger charge is -2.06. The van der Waals surface area contributed by atoms with Crippen LogP contribution in [0.5, 0.6) is 0 Å². The van der Waals surface area contributed by atoms with Gasteiger partial charge in [0.25, 0.3) is 0 Å². The Bertz CT molecular complexity index is 1090. The minimum absolute atomic E-state index is 0.508. The lowest BCUT2D eigenvalue weighted by atomic mass is 10.1. The Morgan fingerprint density at radius 3 is 2.67 bits per heavy atom. The number of rotatable bonds is 2. The molecule has 0 aliphatic carbocycles. The summed E-state index contributed by atoms with van der Waals surface area (Å²) < 4.78 is 1.86. The predicted octanol–water partition coefficient (Wildman–Crippen LogP) is 4.67. The number of benzene rings is 2. The van der Waals surface area contributed by atoms with E-state index in [9.17, 15) is 0 Å². The molecule has 24 heavy (non-hydrogen) atoms. The number of hydrogen-bond acceptors (Lipinski definition) is 3. The number of aryl methyl sites for hydroxylation is 1. The molecule has 6 heteroatoms. The molecule has 2 heterocycles. The van der Waals surface area contributed by atoms with Crippen molar-refractivity contribution in [1.29, 1.82) is 0 Å². The zero-order valence-electron chi connectivity index (χ0n) is 12.9. The average Bonchev–Trinajstić information content (AvgIpc) is 2.88. The Morgan fingerprint density at radius 1 is 1.08 bits per heavy atom. The third-order valence-electron chi connectivity index (χ3n) is 4.16. The highest BCUT2D eigenvalue weighted by molar-refractivity contribution is 6.42. The molecule has 0 radical (unpaired) electrons. The molecule has 0 fully saturated rings. The fraction of sp³-hybridized carbons (Fsp3) is 0.111. The topological polar surface area (TPSA) is 56.2 Å². The highest BCUT2D eigenvalue weighted by Crippen LogP contribution is 2.28. The first kappa shape index (κ1) is 15.2. The van der Waals surface area contributed by atoms with Crippen LogP contribution in [0.25, 0.3) is 16.6 Å². The van der Waals surface area contributed by atoms with Crippen LogP contribution < -0.4 is 5.73 Å². The van der Waals surface area contributed by atoms with Crippen molar-refractivity contribution in [1.82, 2.24) is 14.6 Å². The number of fused-ring (bicyclic) bond motifs is 3. The first-order valence-corrected chi connectivity index (χ1v) is 8.26. The number of nitrogens with zero attached hydrogens (tertiary/aromatic N) is 3. The molecule has 0 bridgehead atoms. The number of hydrogen-bond donors (Lipinski definition) is 1. The van der Waals surface area contributed by atoms with Gasteiger partial charge in [0.05, 0.1) is 21.3 Å². The minimum atomic E-state index is 0.508. The molecule has 120 valence electrons. The van der Waals surface area contributed by atoms with E-state index in [1.165, 1.54) is 0 Å². The molecule has 2 aromatic heterocycles. The summed E-state index contributed by atoms with van der Waals surface area (Å²) in [6, 6.07) is 13.5. The van der Waals surface area contributed by atoms with Gasteiger partial charge in [0, 0.05) is 17.4 Å². The van der Waals surface area contributed by atoms with E-state index in [1.54, 1.807) is 6.07 Å². The van der Waals surface area contributed by atoms with E-state index in [4.69, 9.17) is 28.9 Å². The van der Waals surface area contributed by atoms with Crippen molar-refractivity contribution in [3.05, 3.63) is 69.3 Å². The van der Waals surface area contributed by atoms with Crippen LogP contribution in [-0.4, -0.2) is 14.6 Å². The maximum absolute atomic E-state index is 6.15. The van der Waals surface area contributed by atoms with Crippen LogP contribution in [0.2, 0.25) is 10.0 Å². The van der Waals surface area contributed by atoms with E-state index in [2.05, 4.69) is 10.1 Å². The number of para-hydroxylation sites is 1. The maximum atomic E-state index is 6.15. The number of nitrogens with two attached hydrogens (primary N) is 1. The molecule has 0 atom stereocenters.